The van der Waals surface area contributed by atoms with Crippen LogP contribution in [0, 0.1) is 13.8 Å². The molecule has 1 amide bonds. The molecule has 22 heavy (non-hydrogen) atoms. The van der Waals surface area contributed by atoms with E-state index >= 15 is 0 Å². The van der Waals surface area contributed by atoms with Crippen LogP contribution < -0.4 is 5.32 Å². The predicted octanol–water partition coefficient (Wildman–Crippen LogP) is 4.88. The summed E-state index contributed by atoms with van der Waals surface area (Å²) in [4.78, 5) is 12.2. The lowest BCUT2D eigenvalue weighted by Crippen LogP contribution is -2.14. The molecule has 0 atom stereocenters. The molecule has 0 unspecified atom stereocenters. The van der Waals surface area contributed by atoms with Crippen LogP contribution in [0.5, 0.6) is 0 Å². The van der Waals surface area contributed by atoms with Crippen molar-refractivity contribution >= 4 is 34.2 Å². The van der Waals surface area contributed by atoms with Crippen LogP contribution in [0.4, 0.5) is 5.69 Å². The molecule has 1 aromatic heterocycles. The molecule has 3 nitrogen and oxygen atoms in total. The average Bonchev–Trinajstić information content (AvgIpc) is 2.84. The van der Waals surface area contributed by atoms with E-state index in [1.54, 1.807) is 30.5 Å². The first-order valence-electron chi connectivity index (χ1n) is 7.05. The number of carbonyl (C=O) groups excluding carboxylic acids is 1. The van der Waals surface area contributed by atoms with E-state index in [1.807, 2.05) is 19.9 Å². The van der Waals surface area contributed by atoms with Crippen LogP contribution in [-0.4, -0.2) is 5.91 Å². The molecule has 0 bridgehead atoms. The smallest absolute Gasteiger partial charge is 0.228 e. The van der Waals surface area contributed by atoms with Gasteiger partial charge in [-0.05, 0) is 55.3 Å². The van der Waals surface area contributed by atoms with Gasteiger partial charge in [-0.1, -0.05) is 17.7 Å². The molecule has 0 aliphatic rings. The summed E-state index contributed by atoms with van der Waals surface area (Å²) in [6, 6.07) is 11.1. The molecule has 0 saturated heterocycles. The molecule has 2 aromatic carbocycles. The Hall–Kier alpha value is -2.26. The zero-order valence-corrected chi connectivity index (χ0v) is 13.2. The standard InChI is InChI=1S/C18H16ClNO2/c1-11-7-12(2)18-13(10-22-16(18)8-11)9-17(21)20-15-5-3-14(19)4-6-15/h3-8,10H,9H2,1-2H3,(H,20,21). The number of amides is 1. The fraction of sp³-hybridized carbons (Fsp3) is 0.167. The van der Waals surface area contributed by atoms with Crippen LogP contribution in [0.15, 0.2) is 47.1 Å². The van der Waals surface area contributed by atoms with Crippen molar-refractivity contribution in [3.05, 3.63) is 64.4 Å². The van der Waals surface area contributed by atoms with Crippen LogP contribution in [0.3, 0.4) is 0 Å². The predicted molar refractivity (Wildman–Crippen MR) is 89.5 cm³/mol. The van der Waals surface area contributed by atoms with Crippen molar-refractivity contribution in [2.24, 2.45) is 0 Å². The van der Waals surface area contributed by atoms with E-state index in [2.05, 4.69) is 11.4 Å². The van der Waals surface area contributed by atoms with Crippen LogP contribution in [0.25, 0.3) is 11.0 Å². The first-order chi connectivity index (χ1) is 10.5. The third kappa shape index (κ3) is 3.00. The Morgan fingerprint density at radius 3 is 2.64 bits per heavy atom. The number of benzene rings is 2. The normalized spacial score (nSPS) is 10.9. The van der Waals surface area contributed by atoms with Gasteiger partial charge in [0.1, 0.15) is 5.58 Å². The summed E-state index contributed by atoms with van der Waals surface area (Å²) in [5.41, 5.74) is 4.73. The van der Waals surface area contributed by atoms with E-state index in [9.17, 15) is 4.79 Å². The van der Waals surface area contributed by atoms with Crippen molar-refractivity contribution in [2.45, 2.75) is 20.3 Å². The number of halogens is 1. The first kappa shape index (κ1) is 14.7. The molecular weight excluding hydrogens is 298 g/mol. The van der Waals surface area contributed by atoms with Crippen molar-refractivity contribution in [1.82, 2.24) is 0 Å². The van der Waals surface area contributed by atoms with Crippen molar-refractivity contribution in [2.75, 3.05) is 5.32 Å². The van der Waals surface area contributed by atoms with Gasteiger partial charge in [-0.3, -0.25) is 4.79 Å². The summed E-state index contributed by atoms with van der Waals surface area (Å²) >= 11 is 5.83. The lowest BCUT2D eigenvalue weighted by Gasteiger charge is -2.05. The number of hydrogen-bond acceptors (Lipinski definition) is 2. The summed E-state index contributed by atoms with van der Waals surface area (Å²) in [6.45, 7) is 4.06. The summed E-state index contributed by atoms with van der Waals surface area (Å²) in [6.07, 6.45) is 1.94. The maximum absolute atomic E-state index is 12.2. The highest BCUT2D eigenvalue weighted by molar-refractivity contribution is 6.30. The Kier molecular flexibility index (Phi) is 3.90. The molecule has 112 valence electrons. The van der Waals surface area contributed by atoms with Gasteiger partial charge >= 0.3 is 0 Å². The molecule has 1 heterocycles. The number of nitrogens with one attached hydrogen (secondary N) is 1. The van der Waals surface area contributed by atoms with Gasteiger partial charge in [-0.15, -0.1) is 0 Å². The third-order valence-electron chi connectivity index (χ3n) is 3.57. The highest BCUT2D eigenvalue weighted by Gasteiger charge is 2.13. The molecule has 0 aliphatic heterocycles. The topological polar surface area (TPSA) is 42.2 Å². The molecule has 0 fully saturated rings. The zero-order chi connectivity index (χ0) is 15.7. The van der Waals surface area contributed by atoms with Crippen LogP contribution >= 0.6 is 11.6 Å². The Labute approximate surface area is 133 Å². The van der Waals surface area contributed by atoms with E-state index in [0.29, 0.717) is 5.02 Å². The lowest BCUT2D eigenvalue weighted by molar-refractivity contribution is -0.115. The maximum atomic E-state index is 12.2. The van der Waals surface area contributed by atoms with Gasteiger partial charge in [-0.2, -0.15) is 0 Å². The fourth-order valence-electron chi connectivity index (χ4n) is 2.67. The first-order valence-corrected chi connectivity index (χ1v) is 7.43. The Balaban J connectivity index is 1.81. The summed E-state index contributed by atoms with van der Waals surface area (Å²) < 4.78 is 5.58. The summed E-state index contributed by atoms with van der Waals surface area (Å²) in [5, 5.41) is 4.53. The molecule has 0 aliphatic carbocycles. The van der Waals surface area contributed by atoms with E-state index < -0.39 is 0 Å². The van der Waals surface area contributed by atoms with E-state index in [-0.39, 0.29) is 12.3 Å². The fourth-order valence-corrected chi connectivity index (χ4v) is 2.79. The second-order valence-electron chi connectivity index (χ2n) is 5.45. The number of hydrogen-bond donors (Lipinski definition) is 1. The van der Waals surface area contributed by atoms with Gasteiger partial charge in [-0.25, -0.2) is 0 Å². The molecule has 0 spiro atoms. The Morgan fingerprint density at radius 2 is 1.91 bits per heavy atom. The molecule has 0 radical (unpaired) electrons. The highest BCUT2D eigenvalue weighted by Crippen LogP contribution is 2.27. The highest BCUT2D eigenvalue weighted by atomic mass is 35.5. The Morgan fingerprint density at radius 1 is 1.18 bits per heavy atom. The van der Waals surface area contributed by atoms with E-state index in [4.69, 9.17) is 16.0 Å². The largest absolute Gasteiger partial charge is 0.464 e. The Bertz CT molecular complexity index is 834. The summed E-state index contributed by atoms with van der Waals surface area (Å²) in [5.74, 6) is -0.0787. The number of rotatable bonds is 3. The van der Waals surface area contributed by atoms with Gasteiger partial charge in [0.2, 0.25) is 5.91 Å². The van der Waals surface area contributed by atoms with Crippen molar-refractivity contribution < 1.29 is 9.21 Å². The van der Waals surface area contributed by atoms with Gasteiger partial charge in [0.25, 0.3) is 0 Å². The number of furan rings is 1. The number of fused-ring (bicyclic) bond motifs is 1. The molecule has 3 aromatic rings. The number of carbonyl (C=O) groups is 1. The van der Waals surface area contributed by atoms with Crippen LogP contribution in [-0.2, 0) is 11.2 Å². The average molecular weight is 314 g/mol. The van der Waals surface area contributed by atoms with Crippen molar-refractivity contribution in [1.29, 1.82) is 0 Å². The molecule has 0 saturated carbocycles. The minimum Gasteiger partial charge on any atom is -0.464 e. The van der Waals surface area contributed by atoms with Gasteiger partial charge < -0.3 is 9.73 Å². The van der Waals surface area contributed by atoms with Crippen molar-refractivity contribution in [3.63, 3.8) is 0 Å². The molecular formula is C18H16ClNO2. The molecule has 1 N–H and O–H groups in total. The van der Waals surface area contributed by atoms with Crippen LogP contribution in [0.1, 0.15) is 16.7 Å². The van der Waals surface area contributed by atoms with Crippen molar-refractivity contribution in [3.8, 4) is 0 Å². The number of aryl methyl sites for hydroxylation is 2. The van der Waals surface area contributed by atoms with E-state index in [1.165, 1.54) is 0 Å². The summed E-state index contributed by atoms with van der Waals surface area (Å²) in [7, 11) is 0. The lowest BCUT2D eigenvalue weighted by atomic mass is 10.0. The second-order valence-corrected chi connectivity index (χ2v) is 5.88. The zero-order valence-electron chi connectivity index (χ0n) is 12.4. The van der Waals surface area contributed by atoms with Crippen LogP contribution in [0.2, 0.25) is 5.02 Å². The van der Waals surface area contributed by atoms with E-state index in [0.717, 1.165) is 33.3 Å². The number of anilines is 1. The quantitative estimate of drug-likeness (QED) is 0.748. The van der Waals surface area contributed by atoms with Gasteiger partial charge in [0, 0.05) is 21.7 Å². The molecule has 4 heteroatoms. The second kappa shape index (κ2) is 5.85. The SMILES string of the molecule is Cc1cc(C)c2c(CC(=O)Nc3ccc(Cl)cc3)coc2c1. The molecule has 3 rings (SSSR count). The monoisotopic (exact) mass is 313 g/mol. The minimum atomic E-state index is -0.0787. The maximum Gasteiger partial charge on any atom is 0.228 e. The van der Waals surface area contributed by atoms with Gasteiger partial charge in [0.05, 0.1) is 12.7 Å². The van der Waals surface area contributed by atoms with Gasteiger partial charge in [0.15, 0.2) is 0 Å². The third-order valence-corrected chi connectivity index (χ3v) is 3.82. The minimum absolute atomic E-state index is 0.0787.